The number of nitrogens with one attached hydrogen (secondary N) is 2. The number of benzene rings is 2. The van der Waals surface area contributed by atoms with Gasteiger partial charge in [-0.3, -0.25) is 9.78 Å². The van der Waals surface area contributed by atoms with E-state index in [1.165, 1.54) is 24.4 Å². The molecule has 8 heteroatoms. The highest BCUT2D eigenvalue weighted by Crippen LogP contribution is 2.20. The molecule has 0 bridgehead atoms. The predicted molar refractivity (Wildman–Crippen MR) is 97.1 cm³/mol. The Hall–Kier alpha value is -3.42. The summed E-state index contributed by atoms with van der Waals surface area (Å²) < 4.78 is 52.8. The van der Waals surface area contributed by atoms with Crippen LogP contribution in [0.2, 0.25) is 0 Å². The quantitative estimate of drug-likeness (QED) is 0.481. The van der Waals surface area contributed by atoms with E-state index < -0.39 is 29.0 Å². The number of carbonyl (C=O) groups is 1. The Labute approximate surface area is 158 Å². The molecule has 1 heterocycles. The van der Waals surface area contributed by atoms with Crippen molar-refractivity contribution in [2.45, 2.75) is 6.42 Å². The summed E-state index contributed by atoms with van der Waals surface area (Å²) in [6.45, 7) is 0.522. The topological polar surface area (TPSA) is 54.0 Å². The molecule has 0 atom stereocenters. The molecule has 1 aromatic heterocycles. The lowest BCUT2D eigenvalue weighted by atomic mass is 10.1. The number of anilines is 2. The minimum atomic E-state index is -1.66. The van der Waals surface area contributed by atoms with Crippen molar-refractivity contribution in [1.29, 1.82) is 0 Å². The summed E-state index contributed by atoms with van der Waals surface area (Å²) in [4.78, 5) is 16.1. The third-order valence-electron chi connectivity index (χ3n) is 3.93. The standard InChI is InChI=1S/C20H15F4N3O/c21-13-3-1-12(2-4-13)7-9-25-14-8-10-26-17(11-14)20(28)27-16-6-5-15(22)18(23)19(16)24/h1-6,8,10-11H,7,9H2,(H,25,26)(H,27,28). The monoisotopic (exact) mass is 389 g/mol. The second-order valence-corrected chi connectivity index (χ2v) is 5.91. The Morgan fingerprint density at radius 1 is 0.929 bits per heavy atom. The van der Waals surface area contributed by atoms with Gasteiger partial charge in [0.25, 0.3) is 5.91 Å². The molecular formula is C20H15F4N3O. The number of hydrogen-bond donors (Lipinski definition) is 2. The van der Waals surface area contributed by atoms with Gasteiger partial charge in [-0.15, -0.1) is 0 Å². The van der Waals surface area contributed by atoms with Crippen LogP contribution < -0.4 is 10.6 Å². The van der Waals surface area contributed by atoms with Crippen LogP contribution in [0.25, 0.3) is 0 Å². The van der Waals surface area contributed by atoms with E-state index in [2.05, 4.69) is 15.6 Å². The molecule has 28 heavy (non-hydrogen) atoms. The Bertz CT molecular complexity index is 993. The lowest BCUT2D eigenvalue weighted by Crippen LogP contribution is -2.16. The fraction of sp³-hybridized carbons (Fsp3) is 0.100. The number of amides is 1. The van der Waals surface area contributed by atoms with Crippen molar-refractivity contribution in [2.75, 3.05) is 17.2 Å². The first-order chi connectivity index (χ1) is 13.4. The number of aromatic nitrogens is 1. The lowest BCUT2D eigenvalue weighted by Gasteiger charge is -2.09. The first-order valence-electron chi connectivity index (χ1n) is 8.33. The largest absolute Gasteiger partial charge is 0.385 e. The fourth-order valence-corrected chi connectivity index (χ4v) is 2.48. The summed E-state index contributed by atoms with van der Waals surface area (Å²) in [5.74, 6) is -5.57. The van der Waals surface area contributed by atoms with Crippen molar-refractivity contribution < 1.29 is 22.4 Å². The fourth-order valence-electron chi connectivity index (χ4n) is 2.48. The van der Waals surface area contributed by atoms with Crippen molar-refractivity contribution in [3.8, 4) is 0 Å². The molecule has 0 saturated heterocycles. The third kappa shape index (κ3) is 4.64. The molecule has 0 aliphatic heterocycles. The maximum atomic E-state index is 13.7. The van der Waals surface area contributed by atoms with Crippen LogP contribution in [0.3, 0.4) is 0 Å². The smallest absolute Gasteiger partial charge is 0.274 e. The Morgan fingerprint density at radius 3 is 2.43 bits per heavy atom. The van der Waals surface area contributed by atoms with Crippen LogP contribution >= 0.6 is 0 Å². The van der Waals surface area contributed by atoms with Gasteiger partial charge in [-0.1, -0.05) is 12.1 Å². The number of pyridine rings is 1. The van der Waals surface area contributed by atoms with E-state index in [4.69, 9.17) is 0 Å². The second kappa shape index (κ2) is 8.51. The van der Waals surface area contributed by atoms with Gasteiger partial charge in [-0.2, -0.15) is 0 Å². The van der Waals surface area contributed by atoms with Crippen molar-refractivity contribution in [3.63, 3.8) is 0 Å². The zero-order chi connectivity index (χ0) is 20.1. The molecule has 0 radical (unpaired) electrons. The average Bonchev–Trinajstić information content (AvgIpc) is 2.70. The van der Waals surface area contributed by atoms with Gasteiger partial charge in [0.05, 0.1) is 5.69 Å². The van der Waals surface area contributed by atoms with Crippen molar-refractivity contribution in [1.82, 2.24) is 4.98 Å². The van der Waals surface area contributed by atoms with E-state index in [1.807, 2.05) is 0 Å². The van der Waals surface area contributed by atoms with Crippen LogP contribution in [0.5, 0.6) is 0 Å². The van der Waals surface area contributed by atoms with E-state index in [0.29, 0.717) is 18.7 Å². The number of halogens is 4. The first-order valence-corrected chi connectivity index (χ1v) is 8.33. The van der Waals surface area contributed by atoms with E-state index in [-0.39, 0.29) is 11.5 Å². The van der Waals surface area contributed by atoms with Gasteiger partial charge in [-0.05, 0) is 48.4 Å². The maximum Gasteiger partial charge on any atom is 0.274 e. The normalized spacial score (nSPS) is 10.6. The van der Waals surface area contributed by atoms with Crippen LogP contribution in [-0.2, 0) is 6.42 Å². The van der Waals surface area contributed by atoms with Crippen molar-refractivity contribution in [3.05, 3.63) is 89.3 Å². The van der Waals surface area contributed by atoms with Gasteiger partial charge in [0.15, 0.2) is 17.5 Å². The predicted octanol–water partition coefficient (Wildman–Crippen LogP) is 4.54. The van der Waals surface area contributed by atoms with Crippen molar-refractivity contribution in [2.24, 2.45) is 0 Å². The summed E-state index contributed by atoms with van der Waals surface area (Å²) in [6.07, 6.45) is 2.01. The number of carbonyl (C=O) groups excluding carboxylic acids is 1. The zero-order valence-corrected chi connectivity index (χ0v) is 14.5. The average molecular weight is 389 g/mol. The van der Waals surface area contributed by atoms with E-state index >= 15 is 0 Å². The summed E-state index contributed by atoms with van der Waals surface area (Å²) in [5, 5.41) is 5.26. The third-order valence-corrected chi connectivity index (χ3v) is 3.93. The molecule has 144 valence electrons. The van der Waals surface area contributed by atoms with Gasteiger partial charge in [0.2, 0.25) is 0 Å². The highest BCUT2D eigenvalue weighted by atomic mass is 19.2. The molecular weight excluding hydrogens is 374 g/mol. The molecule has 2 aromatic carbocycles. The zero-order valence-electron chi connectivity index (χ0n) is 14.5. The Kier molecular flexibility index (Phi) is 5.88. The molecule has 0 unspecified atom stereocenters. The van der Waals surface area contributed by atoms with Gasteiger partial charge in [0.1, 0.15) is 11.5 Å². The Balaban J connectivity index is 1.63. The van der Waals surface area contributed by atoms with Crippen LogP contribution in [0.1, 0.15) is 16.1 Å². The van der Waals surface area contributed by atoms with Crippen LogP contribution in [0.4, 0.5) is 28.9 Å². The molecule has 2 N–H and O–H groups in total. The molecule has 0 aliphatic carbocycles. The van der Waals surface area contributed by atoms with Crippen LogP contribution in [0, 0.1) is 23.3 Å². The summed E-state index contributed by atoms with van der Waals surface area (Å²) in [6, 6.07) is 10.8. The SMILES string of the molecule is O=C(Nc1ccc(F)c(F)c1F)c1cc(NCCc2ccc(F)cc2)ccn1. The number of hydrogen-bond acceptors (Lipinski definition) is 3. The highest BCUT2D eigenvalue weighted by Gasteiger charge is 2.16. The van der Waals surface area contributed by atoms with E-state index in [0.717, 1.165) is 17.7 Å². The molecule has 1 amide bonds. The Morgan fingerprint density at radius 2 is 1.68 bits per heavy atom. The van der Waals surface area contributed by atoms with Crippen LogP contribution in [0.15, 0.2) is 54.7 Å². The molecule has 0 saturated carbocycles. The van der Waals surface area contributed by atoms with E-state index in [9.17, 15) is 22.4 Å². The van der Waals surface area contributed by atoms with Crippen LogP contribution in [-0.4, -0.2) is 17.4 Å². The summed E-state index contributed by atoms with van der Waals surface area (Å²) in [5.41, 5.74) is 1.01. The minimum absolute atomic E-state index is 0.0316. The van der Waals surface area contributed by atoms with Gasteiger partial charge < -0.3 is 10.6 Å². The second-order valence-electron chi connectivity index (χ2n) is 5.91. The first kappa shape index (κ1) is 19.3. The molecule has 3 aromatic rings. The molecule has 3 rings (SSSR count). The van der Waals surface area contributed by atoms with Gasteiger partial charge in [-0.25, -0.2) is 17.6 Å². The molecule has 0 fully saturated rings. The van der Waals surface area contributed by atoms with Crippen molar-refractivity contribution >= 4 is 17.3 Å². The minimum Gasteiger partial charge on any atom is -0.385 e. The summed E-state index contributed by atoms with van der Waals surface area (Å²) >= 11 is 0. The molecule has 0 aliphatic rings. The van der Waals surface area contributed by atoms with Gasteiger partial charge >= 0.3 is 0 Å². The van der Waals surface area contributed by atoms with Gasteiger partial charge in [0, 0.05) is 18.4 Å². The molecule has 4 nitrogen and oxygen atoms in total. The number of rotatable bonds is 6. The maximum absolute atomic E-state index is 13.7. The molecule has 0 spiro atoms. The number of nitrogens with zero attached hydrogens (tertiary/aromatic N) is 1. The van der Waals surface area contributed by atoms with E-state index in [1.54, 1.807) is 18.2 Å². The summed E-state index contributed by atoms with van der Waals surface area (Å²) in [7, 11) is 0. The highest BCUT2D eigenvalue weighted by molar-refractivity contribution is 6.03. The lowest BCUT2D eigenvalue weighted by molar-refractivity contribution is 0.102.